The van der Waals surface area contributed by atoms with E-state index in [9.17, 15) is 0 Å². The van der Waals surface area contributed by atoms with Crippen LogP contribution in [0, 0.1) is 0 Å². The van der Waals surface area contributed by atoms with Gasteiger partial charge >= 0.3 is 0 Å². The van der Waals surface area contributed by atoms with E-state index in [0.29, 0.717) is 6.10 Å². The first-order valence-corrected chi connectivity index (χ1v) is 7.64. The molecule has 2 aromatic heterocycles. The summed E-state index contributed by atoms with van der Waals surface area (Å²) < 4.78 is 5.97. The third kappa shape index (κ3) is 3.55. The predicted octanol–water partition coefficient (Wildman–Crippen LogP) is 3.19. The maximum Gasteiger partial charge on any atom is 0.122 e. The molecule has 19 heavy (non-hydrogen) atoms. The van der Waals surface area contributed by atoms with Crippen LogP contribution in [0.2, 0.25) is 0 Å². The molecule has 0 aliphatic carbocycles. The van der Waals surface area contributed by atoms with Crippen LogP contribution >= 0.6 is 11.3 Å². The number of ether oxygens (including phenoxy) is 1. The molecule has 0 bridgehead atoms. The minimum atomic E-state index is 0.348. The molecule has 0 unspecified atom stereocenters. The highest BCUT2D eigenvalue weighted by molar-refractivity contribution is 7.07. The summed E-state index contributed by atoms with van der Waals surface area (Å²) >= 11 is 1.77. The van der Waals surface area contributed by atoms with E-state index in [0.717, 1.165) is 38.2 Å². The van der Waals surface area contributed by atoms with Gasteiger partial charge in [0.15, 0.2) is 0 Å². The van der Waals surface area contributed by atoms with Crippen LogP contribution in [-0.2, 0) is 6.54 Å². The average molecular weight is 274 g/mol. The van der Waals surface area contributed by atoms with Gasteiger partial charge in [-0.05, 0) is 47.4 Å². The van der Waals surface area contributed by atoms with Gasteiger partial charge < -0.3 is 4.74 Å². The van der Waals surface area contributed by atoms with Crippen LogP contribution in [-0.4, -0.2) is 29.1 Å². The highest BCUT2D eigenvalue weighted by atomic mass is 32.1. The van der Waals surface area contributed by atoms with E-state index < -0.39 is 0 Å². The zero-order valence-electron chi connectivity index (χ0n) is 10.9. The summed E-state index contributed by atoms with van der Waals surface area (Å²) in [6.07, 6.45) is 6.11. The predicted molar refractivity (Wildman–Crippen MR) is 77.5 cm³/mol. The Balaban J connectivity index is 1.47. The first-order chi connectivity index (χ1) is 9.40. The van der Waals surface area contributed by atoms with Gasteiger partial charge in [0.05, 0.1) is 0 Å². The molecule has 3 nitrogen and oxygen atoms in total. The molecule has 0 radical (unpaired) electrons. The van der Waals surface area contributed by atoms with Gasteiger partial charge in [-0.2, -0.15) is 11.3 Å². The van der Waals surface area contributed by atoms with E-state index in [2.05, 4.69) is 26.7 Å². The van der Waals surface area contributed by atoms with Crippen LogP contribution in [0.25, 0.3) is 0 Å². The van der Waals surface area contributed by atoms with Gasteiger partial charge in [0.25, 0.3) is 0 Å². The summed E-state index contributed by atoms with van der Waals surface area (Å²) in [5, 5.41) is 4.38. The number of hydrogen-bond acceptors (Lipinski definition) is 4. The molecule has 0 saturated carbocycles. The Labute approximate surface area is 117 Å². The molecule has 0 atom stereocenters. The van der Waals surface area contributed by atoms with E-state index in [1.807, 2.05) is 12.1 Å². The molecule has 4 heteroatoms. The molecular weight excluding hydrogens is 256 g/mol. The number of thiophene rings is 1. The lowest BCUT2D eigenvalue weighted by Crippen LogP contribution is -2.37. The van der Waals surface area contributed by atoms with E-state index in [-0.39, 0.29) is 0 Å². The highest BCUT2D eigenvalue weighted by Crippen LogP contribution is 2.20. The average Bonchev–Trinajstić information content (AvgIpc) is 2.95. The Morgan fingerprint density at radius 2 is 2.00 bits per heavy atom. The van der Waals surface area contributed by atoms with Crippen molar-refractivity contribution in [2.24, 2.45) is 0 Å². The van der Waals surface area contributed by atoms with Crippen molar-refractivity contribution in [2.45, 2.75) is 25.5 Å². The molecule has 1 aliphatic heterocycles. The third-order valence-corrected chi connectivity index (χ3v) is 4.21. The second-order valence-electron chi connectivity index (χ2n) is 4.91. The van der Waals surface area contributed by atoms with Gasteiger partial charge in [0.1, 0.15) is 11.9 Å². The first kappa shape index (κ1) is 12.6. The lowest BCUT2D eigenvalue weighted by molar-refractivity contribution is 0.0968. The minimum Gasteiger partial charge on any atom is -0.490 e. The number of nitrogens with zero attached hydrogens (tertiary/aromatic N) is 2. The Hall–Kier alpha value is -1.39. The van der Waals surface area contributed by atoms with Gasteiger partial charge in [-0.25, -0.2) is 0 Å². The lowest BCUT2D eigenvalue weighted by atomic mass is 10.1. The van der Waals surface area contributed by atoms with Crippen LogP contribution in [0.3, 0.4) is 0 Å². The van der Waals surface area contributed by atoms with Gasteiger partial charge in [-0.15, -0.1) is 0 Å². The Morgan fingerprint density at radius 1 is 1.21 bits per heavy atom. The SMILES string of the molecule is c1cc(OC2CCN(Cc3ccsc3)CC2)ccn1. The zero-order valence-corrected chi connectivity index (χ0v) is 11.7. The molecular formula is C15H18N2OS. The maximum absolute atomic E-state index is 5.97. The fourth-order valence-corrected chi connectivity index (χ4v) is 3.10. The molecule has 3 heterocycles. The Bertz CT molecular complexity index is 478. The van der Waals surface area contributed by atoms with Crippen molar-refractivity contribution < 1.29 is 4.74 Å². The van der Waals surface area contributed by atoms with E-state index in [4.69, 9.17) is 4.74 Å². The molecule has 0 aromatic carbocycles. The van der Waals surface area contributed by atoms with Gasteiger partial charge in [-0.3, -0.25) is 9.88 Å². The number of rotatable bonds is 4. The normalized spacial score (nSPS) is 17.5. The quantitative estimate of drug-likeness (QED) is 0.856. The fraction of sp³-hybridized carbons (Fsp3) is 0.400. The van der Waals surface area contributed by atoms with E-state index in [1.54, 1.807) is 23.7 Å². The molecule has 1 saturated heterocycles. The highest BCUT2D eigenvalue weighted by Gasteiger charge is 2.20. The first-order valence-electron chi connectivity index (χ1n) is 6.70. The Kier molecular flexibility index (Phi) is 4.10. The van der Waals surface area contributed by atoms with E-state index >= 15 is 0 Å². The third-order valence-electron chi connectivity index (χ3n) is 3.47. The van der Waals surface area contributed by atoms with Crippen molar-refractivity contribution in [1.82, 2.24) is 9.88 Å². The second kappa shape index (κ2) is 6.17. The van der Waals surface area contributed by atoms with Crippen molar-refractivity contribution in [2.75, 3.05) is 13.1 Å². The van der Waals surface area contributed by atoms with Gasteiger partial charge in [0.2, 0.25) is 0 Å². The van der Waals surface area contributed by atoms with Crippen molar-refractivity contribution in [3.05, 3.63) is 46.9 Å². The molecule has 0 N–H and O–H groups in total. The lowest BCUT2D eigenvalue weighted by Gasteiger charge is -2.31. The number of aromatic nitrogens is 1. The van der Waals surface area contributed by atoms with Crippen molar-refractivity contribution in [3.63, 3.8) is 0 Å². The van der Waals surface area contributed by atoms with E-state index in [1.165, 1.54) is 5.56 Å². The van der Waals surface area contributed by atoms with Crippen molar-refractivity contribution in [3.8, 4) is 5.75 Å². The molecule has 3 rings (SSSR count). The summed E-state index contributed by atoms with van der Waals surface area (Å²) in [5.74, 6) is 0.936. The topological polar surface area (TPSA) is 25.4 Å². The molecule has 1 fully saturated rings. The van der Waals surface area contributed by atoms with Crippen molar-refractivity contribution in [1.29, 1.82) is 0 Å². The second-order valence-corrected chi connectivity index (χ2v) is 5.69. The van der Waals surface area contributed by atoms with Gasteiger partial charge in [-0.1, -0.05) is 0 Å². The largest absolute Gasteiger partial charge is 0.490 e. The number of pyridine rings is 1. The number of hydrogen-bond donors (Lipinski definition) is 0. The summed E-state index contributed by atoms with van der Waals surface area (Å²) in [7, 11) is 0. The van der Waals surface area contributed by atoms with Gasteiger partial charge in [0, 0.05) is 32.0 Å². The summed E-state index contributed by atoms with van der Waals surface area (Å²) in [6.45, 7) is 3.31. The van der Waals surface area contributed by atoms with Crippen LogP contribution in [0.15, 0.2) is 41.4 Å². The van der Waals surface area contributed by atoms with Crippen LogP contribution in [0.5, 0.6) is 5.75 Å². The van der Waals surface area contributed by atoms with Crippen molar-refractivity contribution >= 4 is 11.3 Å². The zero-order chi connectivity index (χ0) is 12.9. The fourth-order valence-electron chi connectivity index (χ4n) is 2.44. The number of piperidine rings is 1. The molecule has 2 aromatic rings. The Morgan fingerprint density at radius 3 is 2.68 bits per heavy atom. The molecule has 0 spiro atoms. The minimum absolute atomic E-state index is 0.348. The standard InChI is InChI=1S/C15H18N2OS/c1-6-16-7-2-14(1)18-15-3-8-17(9-4-15)11-13-5-10-19-12-13/h1-2,5-7,10,12,15H,3-4,8-9,11H2. The maximum atomic E-state index is 5.97. The molecule has 0 amide bonds. The van der Waals surface area contributed by atoms with Crippen LogP contribution in [0.1, 0.15) is 18.4 Å². The molecule has 100 valence electrons. The smallest absolute Gasteiger partial charge is 0.122 e. The van der Waals surface area contributed by atoms with Crippen LogP contribution < -0.4 is 4.74 Å². The monoisotopic (exact) mass is 274 g/mol. The van der Waals surface area contributed by atoms with Crippen LogP contribution in [0.4, 0.5) is 0 Å². The number of likely N-dealkylation sites (tertiary alicyclic amines) is 1. The summed E-state index contributed by atoms with van der Waals surface area (Å²) in [6, 6.07) is 6.07. The molecule has 1 aliphatic rings. The summed E-state index contributed by atoms with van der Waals surface area (Å²) in [4.78, 5) is 6.51. The summed E-state index contributed by atoms with van der Waals surface area (Å²) in [5.41, 5.74) is 1.43.